The van der Waals surface area contributed by atoms with Crippen LogP contribution in [0.4, 0.5) is 5.82 Å². The molecule has 1 saturated carbocycles. The van der Waals surface area contributed by atoms with Crippen molar-refractivity contribution in [3.63, 3.8) is 0 Å². The maximum absolute atomic E-state index is 12.0. The lowest BCUT2D eigenvalue weighted by atomic mass is 9.78. The highest BCUT2D eigenvalue weighted by atomic mass is 16.1. The zero-order valence-corrected chi connectivity index (χ0v) is 9.71. The number of aromatic nitrogens is 1. The van der Waals surface area contributed by atoms with Gasteiger partial charge in [-0.3, -0.25) is 4.79 Å². The molecule has 4 heteroatoms. The van der Waals surface area contributed by atoms with Crippen molar-refractivity contribution in [2.75, 3.05) is 5.73 Å². The van der Waals surface area contributed by atoms with Crippen molar-refractivity contribution in [3.05, 3.63) is 23.4 Å². The SMILES string of the molecule is Cc1cc(C(=O)NC2(C)CCC2)cc(N)n1. The molecule has 1 aromatic heterocycles. The van der Waals surface area contributed by atoms with Gasteiger partial charge >= 0.3 is 0 Å². The number of nitrogen functional groups attached to an aromatic ring is 1. The van der Waals surface area contributed by atoms with Crippen LogP contribution in [0, 0.1) is 6.92 Å². The van der Waals surface area contributed by atoms with E-state index in [1.165, 1.54) is 6.42 Å². The van der Waals surface area contributed by atoms with Crippen LogP contribution in [0.2, 0.25) is 0 Å². The van der Waals surface area contributed by atoms with Gasteiger partial charge in [-0.15, -0.1) is 0 Å². The van der Waals surface area contributed by atoms with Crippen molar-refractivity contribution >= 4 is 11.7 Å². The highest BCUT2D eigenvalue weighted by molar-refractivity contribution is 5.95. The van der Waals surface area contributed by atoms with Crippen molar-refractivity contribution in [1.29, 1.82) is 0 Å². The molecule has 1 aromatic rings. The van der Waals surface area contributed by atoms with Gasteiger partial charge in [-0.2, -0.15) is 0 Å². The Morgan fingerprint density at radius 3 is 2.69 bits per heavy atom. The summed E-state index contributed by atoms with van der Waals surface area (Å²) in [6.45, 7) is 3.91. The zero-order valence-electron chi connectivity index (χ0n) is 9.71. The Labute approximate surface area is 95.3 Å². The van der Waals surface area contributed by atoms with Crippen LogP contribution in [0.25, 0.3) is 0 Å². The van der Waals surface area contributed by atoms with E-state index >= 15 is 0 Å². The van der Waals surface area contributed by atoms with E-state index < -0.39 is 0 Å². The summed E-state index contributed by atoms with van der Waals surface area (Å²) in [4.78, 5) is 16.0. The molecule has 16 heavy (non-hydrogen) atoms. The summed E-state index contributed by atoms with van der Waals surface area (Å²) in [5, 5.41) is 3.04. The molecule has 0 bridgehead atoms. The van der Waals surface area contributed by atoms with Crippen molar-refractivity contribution in [2.45, 2.75) is 38.6 Å². The number of anilines is 1. The lowest BCUT2D eigenvalue weighted by Crippen LogP contribution is -2.50. The van der Waals surface area contributed by atoms with E-state index in [1.54, 1.807) is 12.1 Å². The van der Waals surface area contributed by atoms with Crippen molar-refractivity contribution in [3.8, 4) is 0 Å². The van der Waals surface area contributed by atoms with Crippen molar-refractivity contribution in [2.24, 2.45) is 0 Å². The predicted molar refractivity (Wildman–Crippen MR) is 63.1 cm³/mol. The smallest absolute Gasteiger partial charge is 0.251 e. The van der Waals surface area contributed by atoms with Gasteiger partial charge in [-0.25, -0.2) is 4.98 Å². The van der Waals surface area contributed by atoms with Crippen LogP contribution in [0.5, 0.6) is 0 Å². The van der Waals surface area contributed by atoms with Gasteiger partial charge in [0.1, 0.15) is 5.82 Å². The number of amides is 1. The first-order valence-corrected chi connectivity index (χ1v) is 5.55. The average Bonchev–Trinajstić information content (AvgIpc) is 2.13. The normalized spacial score (nSPS) is 17.6. The number of carbonyl (C=O) groups is 1. The molecule has 1 heterocycles. The third-order valence-corrected chi connectivity index (χ3v) is 3.11. The minimum atomic E-state index is -0.0561. The van der Waals surface area contributed by atoms with Gasteiger partial charge in [-0.05, 0) is 45.2 Å². The van der Waals surface area contributed by atoms with Crippen molar-refractivity contribution in [1.82, 2.24) is 10.3 Å². The Morgan fingerprint density at radius 2 is 2.19 bits per heavy atom. The van der Waals surface area contributed by atoms with Gasteiger partial charge in [0, 0.05) is 16.8 Å². The molecular weight excluding hydrogens is 202 g/mol. The van der Waals surface area contributed by atoms with E-state index in [1.807, 2.05) is 6.92 Å². The standard InChI is InChI=1S/C12H17N3O/c1-8-6-9(7-10(13)14-8)11(16)15-12(2)4-3-5-12/h6-7H,3-5H2,1-2H3,(H2,13,14)(H,15,16). The topological polar surface area (TPSA) is 68.0 Å². The molecule has 2 rings (SSSR count). The van der Waals surface area contributed by atoms with Crippen LogP contribution >= 0.6 is 0 Å². The second kappa shape index (κ2) is 3.77. The zero-order chi connectivity index (χ0) is 11.8. The average molecular weight is 219 g/mol. The predicted octanol–water partition coefficient (Wildman–Crippen LogP) is 1.64. The Balaban J connectivity index is 2.14. The number of rotatable bonds is 2. The lowest BCUT2D eigenvalue weighted by Gasteiger charge is -2.39. The molecule has 1 amide bonds. The molecule has 1 aliphatic rings. The Hall–Kier alpha value is -1.58. The number of carbonyl (C=O) groups excluding carboxylic acids is 1. The molecule has 0 aromatic carbocycles. The first-order valence-electron chi connectivity index (χ1n) is 5.55. The molecule has 0 radical (unpaired) electrons. The summed E-state index contributed by atoms with van der Waals surface area (Å²) in [5.74, 6) is 0.336. The Morgan fingerprint density at radius 1 is 1.50 bits per heavy atom. The summed E-state index contributed by atoms with van der Waals surface area (Å²) in [6, 6.07) is 3.37. The van der Waals surface area contributed by atoms with Crippen LogP contribution in [0.1, 0.15) is 42.2 Å². The number of nitrogens with one attached hydrogen (secondary N) is 1. The van der Waals surface area contributed by atoms with Gasteiger partial charge in [0.05, 0.1) is 0 Å². The van der Waals surface area contributed by atoms with E-state index in [-0.39, 0.29) is 11.4 Å². The largest absolute Gasteiger partial charge is 0.384 e. The molecule has 0 unspecified atom stereocenters. The van der Waals surface area contributed by atoms with Crippen LogP contribution in [0.3, 0.4) is 0 Å². The van der Waals surface area contributed by atoms with Crippen LogP contribution in [0.15, 0.2) is 12.1 Å². The number of aryl methyl sites for hydroxylation is 1. The summed E-state index contributed by atoms with van der Waals surface area (Å²) in [6.07, 6.45) is 3.30. The van der Waals surface area contributed by atoms with E-state index in [4.69, 9.17) is 5.73 Å². The first kappa shape index (κ1) is 10.9. The number of hydrogen-bond donors (Lipinski definition) is 2. The number of pyridine rings is 1. The molecule has 4 nitrogen and oxygen atoms in total. The fraction of sp³-hybridized carbons (Fsp3) is 0.500. The Bertz CT molecular complexity index is 404. The molecular formula is C12H17N3O. The molecule has 0 spiro atoms. The molecule has 0 saturated heterocycles. The lowest BCUT2D eigenvalue weighted by molar-refractivity contribution is 0.0850. The van der Waals surface area contributed by atoms with E-state index in [0.717, 1.165) is 18.5 Å². The van der Waals surface area contributed by atoms with Crippen molar-refractivity contribution < 1.29 is 4.79 Å². The highest BCUT2D eigenvalue weighted by Crippen LogP contribution is 2.31. The minimum Gasteiger partial charge on any atom is -0.384 e. The minimum absolute atomic E-state index is 0.0248. The van der Waals surface area contributed by atoms with Gasteiger partial charge in [0.15, 0.2) is 0 Å². The molecule has 1 aliphatic carbocycles. The van der Waals surface area contributed by atoms with E-state index in [9.17, 15) is 4.79 Å². The van der Waals surface area contributed by atoms with Gasteiger partial charge in [0.25, 0.3) is 5.91 Å². The van der Waals surface area contributed by atoms with Gasteiger partial charge in [0.2, 0.25) is 0 Å². The first-order chi connectivity index (χ1) is 7.48. The molecule has 86 valence electrons. The summed E-state index contributed by atoms with van der Waals surface area (Å²) in [5.41, 5.74) is 6.95. The summed E-state index contributed by atoms with van der Waals surface area (Å²) >= 11 is 0. The van der Waals surface area contributed by atoms with Gasteiger partial charge in [-0.1, -0.05) is 0 Å². The molecule has 0 atom stereocenters. The van der Waals surface area contributed by atoms with E-state index in [0.29, 0.717) is 11.4 Å². The molecule has 0 aliphatic heterocycles. The van der Waals surface area contributed by atoms with Gasteiger partial charge < -0.3 is 11.1 Å². The van der Waals surface area contributed by atoms with Crippen LogP contribution in [-0.2, 0) is 0 Å². The van der Waals surface area contributed by atoms with E-state index in [2.05, 4.69) is 17.2 Å². The van der Waals surface area contributed by atoms with Crippen LogP contribution < -0.4 is 11.1 Å². The highest BCUT2D eigenvalue weighted by Gasteiger charge is 2.33. The van der Waals surface area contributed by atoms with Crippen LogP contribution in [-0.4, -0.2) is 16.4 Å². The number of nitrogens with zero attached hydrogens (tertiary/aromatic N) is 1. The summed E-state index contributed by atoms with van der Waals surface area (Å²) < 4.78 is 0. The molecule has 1 fully saturated rings. The summed E-state index contributed by atoms with van der Waals surface area (Å²) in [7, 11) is 0. The second-order valence-electron chi connectivity index (χ2n) is 4.79. The fourth-order valence-corrected chi connectivity index (χ4v) is 2.00. The quantitative estimate of drug-likeness (QED) is 0.794. The monoisotopic (exact) mass is 219 g/mol. The number of hydrogen-bond acceptors (Lipinski definition) is 3. The molecule has 3 N–H and O–H groups in total. The maximum Gasteiger partial charge on any atom is 0.251 e. The fourth-order valence-electron chi connectivity index (χ4n) is 2.00. The Kier molecular flexibility index (Phi) is 2.58. The maximum atomic E-state index is 12.0. The third kappa shape index (κ3) is 2.15. The third-order valence-electron chi connectivity index (χ3n) is 3.11. The number of nitrogens with two attached hydrogens (primary N) is 1. The second-order valence-corrected chi connectivity index (χ2v) is 4.79.